The number of benzene rings is 2. The van der Waals surface area contributed by atoms with E-state index in [1.54, 1.807) is 13.2 Å². The van der Waals surface area contributed by atoms with Crippen LogP contribution in [-0.4, -0.2) is 38.2 Å². The fourth-order valence-corrected chi connectivity index (χ4v) is 3.47. The first kappa shape index (κ1) is 17.7. The van der Waals surface area contributed by atoms with Gasteiger partial charge < -0.3 is 15.0 Å². The minimum atomic E-state index is -0.587. The number of nitrogens with one attached hydrogen (secondary N) is 1. The molecule has 1 saturated heterocycles. The molecule has 2 aromatic rings. The third kappa shape index (κ3) is 4.28. The summed E-state index contributed by atoms with van der Waals surface area (Å²) in [5.74, 6) is -0.520. The average molecular weight is 346 g/mol. The lowest BCUT2D eigenvalue weighted by atomic mass is 10.0. The first-order valence-corrected chi connectivity index (χ1v) is 8.65. The van der Waals surface area contributed by atoms with E-state index in [0.29, 0.717) is 17.4 Å². The predicted molar refractivity (Wildman–Crippen MR) is 97.1 cm³/mol. The van der Waals surface area contributed by atoms with Crippen LogP contribution in [0.3, 0.4) is 0 Å². The number of rotatable bonds is 6. The van der Waals surface area contributed by atoms with Crippen LogP contribution in [-0.2, 0) is 0 Å². The van der Waals surface area contributed by atoms with E-state index in [2.05, 4.69) is 17.3 Å². The Bertz CT molecular complexity index is 715. The van der Waals surface area contributed by atoms with Crippen LogP contribution in [0.15, 0.2) is 36.4 Å². The molecule has 0 aromatic heterocycles. The van der Waals surface area contributed by atoms with Gasteiger partial charge in [-0.05, 0) is 68.8 Å². The van der Waals surface area contributed by atoms with E-state index in [9.17, 15) is 8.78 Å². The van der Waals surface area contributed by atoms with Crippen LogP contribution in [0.1, 0.15) is 19.3 Å². The Morgan fingerprint density at radius 1 is 1.16 bits per heavy atom. The zero-order chi connectivity index (χ0) is 17.8. The first-order chi connectivity index (χ1) is 12.1. The van der Waals surface area contributed by atoms with E-state index in [4.69, 9.17) is 4.74 Å². The van der Waals surface area contributed by atoms with E-state index in [-0.39, 0.29) is 0 Å². The Morgan fingerprint density at radius 3 is 2.56 bits per heavy atom. The summed E-state index contributed by atoms with van der Waals surface area (Å²) in [7, 11) is 3.74. The van der Waals surface area contributed by atoms with Gasteiger partial charge in [-0.1, -0.05) is 0 Å². The third-order valence-electron chi connectivity index (χ3n) is 4.86. The van der Waals surface area contributed by atoms with E-state index in [1.165, 1.54) is 25.0 Å². The number of hydrogen-bond donors (Lipinski definition) is 1. The SMILES string of the molecule is COc1ccc(NCCC2CCCN2C)c(-c2cc(F)cc(F)c2)c1. The second-order valence-corrected chi connectivity index (χ2v) is 6.56. The van der Waals surface area contributed by atoms with Crippen molar-refractivity contribution in [1.29, 1.82) is 0 Å². The molecule has 3 nitrogen and oxygen atoms in total. The number of hydrogen-bond acceptors (Lipinski definition) is 3. The lowest BCUT2D eigenvalue weighted by Gasteiger charge is -2.20. The zero-order valence-corrected chi connectivity index (χ0v) is 14.7. The van der Waals surface area contributed by atoms with Crippen LogP contribution in [0.5, 0.6) is 5.75 Å². The van der Waals surface area contributed by atoms with Gasteiger partial charge in [0.1, 0.15) is 17.4 Å². The maximum Gasteiger partial charge on any atom is 0.126 e. The number of anilines is 1. The highest BCUT2D eigenvalue weighted by Gasteiger charge is 2.20. The van der Waals surface area contributed by atoms with Gasteiger partial charge >= 0.3 is 0 Å². The summed E-state index contributed by atoms with van der Waals surface area (Å²) in [6, 6.07) is 9.71. The van der Waals surface area contributed by atoms with Crippen molar-refractivity contribution in [1.82, 2.24) is 4.90 Å². The van der Waals surface area contributed by atoms with E-state index in [1.807, 2.05) is 12.1 Å². The van der Waals surface area contributed by atoms with E-state index in [0.717, 1.165) is 36.8 Å². The van der Waals surface area contributed by atoms with Gasteiger partial charge in [0.25, 0.3) is 0 Å². The molecular weight excluding hydrogens is 322 g/mol. The van der Waals surface area contributed by atoms with Crippen molar-refractivity contribution >= 4 is 5.69 Å². The molecular formula is C20H24F2N2O. The summed E-state index contributed by atoms with van der Waals surface area (Å²) in [4.78, 5) is 2.39. The first-order valence-electron chi connectivity index (χ1n) is 8.65. The van der Waals surface area contributed by atoms with Gasteiger partial charge in [-0.3, -0.25) is 0 Å². The van der Waals surface area contributed by atoms with Crippen molar-refractivity contribution in [3.05, 3.63) is 48.0 Å². The summed E-state index contributed by atoms with van der Waals surface area (Å²) >= 11 is 0. The van der Waals surface area contributed by atoms with Crippen LogP contribution >= 0.6 is 0 Å². The van der Waals surface area contributed by atoms with Crippen molar-refractivity contribution in [2.24, 2.45) is 0 Å². The monoisotopic (exact) mass is 346 g/mol. The maximum atomic E-state index is 13.6. The topological polar surface area (TPSA) is 24.5 Å². The van der Waals surface area contributed by atoms with Crippen LogP contribution in [0, 0.1) is 11.6 Å². The van der Waals surface area contributed by atoms with Crippen molar-refractivity contribution in [2.45, 2.75) is 25.3 Å². The molecule has 25 heavy (non-hydrogen) atoms. The van der Waals surface area contributed by atoms with Crippen molar-refractivity contribution < 1.29 is 13.5 Å². The Balaban J connectivity index is 1.80. The lowest BCUT2D eigenvalue weighted by molar-refractivity contribution is 0.301. The van der Waals surface area contributed by atoms with Crippen molar-refractivity contribution in [2.75, 3.05) is 32.6 Å². The second kappa shape index (κ2) is 7.83. The normalized spacial score (nSPS) is 17.7. The molecule has 3 rings (SSSR count). The molecule has 0 spiro atoms. The molecule has 0 radical (unpaired) electrons. The third-order valence-corrected chi connectivity index (χ3v) is 4.86. The van der Waals surface area contributed by atoms with Crippen molar-refractivity contribution in [3.63, 3.8) is 0 Å². The van der Waals surface area contributed by atoms with Gasteiger partial charge in [0.15, 0.2) is 0 Å². The van der Waals surface area contributed by atoms with Gasteiger partial charge in [-0.15, -0.1) is 0 Å². The van der Waals surface area contributed by atoms with Gasteiger partial charge in [0.05, 0.1) is 7.11 Å². The standard InChI is InChI=1S/C20H24F2N2O/c1-24-9-3-4-17(24)7-8-23-20-6-5-18(25-2)13-19(20)14-10-15(21)12-16(22)11-14/h5-6,10-13,17,23H,3-4,7-9H2,1-2H3. The number of ether oxygens (including phenoxy) is 1. The minimum absolute atomic E-state index is 0.497. The number of methoxy groups -OCH3 is 1. The molecule has 0 saturated carbocycles. The molecule has 2 aromatic carbocycles. The molecule has 1 fully saturated rings. The summed E-state index contributed by atoms with van der Waals surface area (Å²) in [6.45, 7) is 1.97. The Kier molecular flexibility index (Phi) is 5.53. The molecule has 1 heterocycles. The molecule has 1 aliphatic heterocycles. The van der Waals surface area contributed by atoms with E-state index >= 15 is 0 Å². The quantitative estimate of drug-likeness (QED) is 0.831. The fourth-order valence-electron chi connectivity index (χ4n) is 3.47. The molecule has 134 valence electrons. The molecule has 0 aliphatic carbocycles. The Morgan fingerprint density at radius 2 is 1.92 bits per heavy atom. The maximum absolute atomic E-state index is 13.6. The van der Waals surface area contributed by atoms with Crippen molar-refractivity contribution in [3.8, 4) is 16.9 Å². The zero-order valence-electron chi connectivity index (χ0n) is 14.7. The minimum Gasteiger partial charge on any atom is -0.497 e. The summed E-state index contributed by atoms with van der Waals surface area (Å²) in [5, 5.41) is 3.42. The van der Waals surface area contributed by atoms with Gasteiger partial charge in [-0.2, -0.15) is 0 Å². The fraction of sp³-hybridized carbons (Fsp3) is 0.400. The summed E-state index contributed by atoms with van der Waals surface area (Å²) in [5.41, 5.74) is 2.08. The van der Waals surface area contributed by atoms with Crippen LogP contribution in [0.25, 0.3) is 11.1 Å². The molecule has 5 heteroatoms. The molecule has 1 N–H and O–H groups in total. The number of nitrogens with zero attached hydrogens (tertiary/aromatic N) is 1. The van der Waals surface area contributed by atoms with Gasteiger partial charge in [-0.25, -0.2) is 8.78 Å². The van der Waals surface area contributed by atoms with Gasteiger partial charge in [0, 0.05) is 29.9 Å². The molecule has 0 bridgehead atoms. The smallest absolute Gasteiger partial charge is 0.126 e. The summed E-state index contributed by atoms with van der Waals surface area (Å²) < 4.78 is 32.5. The predicted octanol–water partition coefficient (Wildman–Crippen LogP) is 4.54. The van der Waals surface area contributed by atoms with E-state index < -0.39 is 11.6 Å². The molecule has 0 amide bonds. The molecule has 1 aliphatic rings. The van der Waals surface area contributed by atoms with Gasteiger partial charge in [0.2, 0.25) is 0 Å². The number of halogens is 2. The molecule has 1 atom stereocenters. The molecule has 1 unspecified atom stereocenters. The Labute approximate surface area is 147 Å². The second-order valence-electron chi connectivity index (χ2n) is 6.56. The highest BCUT2D eigenvalue weighted by molar-refractivity contribution is 5.79. The highest BCUT2D eigenvalue weighted by Crippen LogP contribution is 2.33. The lowest BCUT2D eigenvalue weighted by Crippen LogP contribution is -2.27. The number of likely N-dealkylation sites (tertiary alicyclic amines) is 1. The van der Waals surface area contributed by atoms with Crippen LogP contribution in [0.2, 0.25) is 0 Å². The highest BCUT2D eigenvalue weighted by atomic mass is 19.1. The summed E-state index contributed by atoms with van der Waals surface area (Å²) in [6.07, 6.45) is 3.51. The average Bonchev–Trinajstić information content (AvgIpc) is 2.99. The Hall–Kier alpha value is -2.14. The van der Waals surface area contributed by atoms with Crippen LogP contribution < -0.4 is 10.1 Å². The largest absolute Gasteiger partial charge is 0.497 e. The van der Waals surface area contributed by atoms with Crippen LogP contribution in [0.4, 0.5) is 14.5 Å².